The Morgan fingerprint density at radius 2 is 1.73 bits per heavy atom. The molecule has 2 aromatic rings. The molecule has 0 aliphatic heterocycles. The predicted molar refractivity (Wildman–Crippen MR) is 94.0 cm³/mol. The van der Waals surface area contributed by atoms with Gasteiger partial charge in [0.15, 0.2) is 0 Å². The zero-order valence-corrected chi connectivity index (χ0v) is 15.2. The maximum absolute atomic E-state index is 10.9. The van der Waals surface area contributed by atoms with Crippen LogP contribution in [0, 0.1) is 0 Å². The minimum Gasteiger partial charge on any atom is -0.507 e. The molecule has 0 saturated carbocycles. The predicted octanol–water partition coefficient (Wildman–Crippen LogP) is 4.55. The van der Waals surface area contributed by atoms with Gasteiger partial charge in [-0.3, -0.25) is 0 Å². The lowest BCUT2D eigenvalue weighted by Gasteiger charge is -2.30. The summed E-state index contributed by atoms with van der Waals surface area (Å²) < 4.78 is 0. The second-order valence-corrected chi connectivity index (χ2v) is 8.40. The maximum atomic E-state index is 10.9. The topological polar surface area (TPSA) is 58.0 Å². The van der Waals surface area contributed by atoms with Crippen molar-refractivity contribution < 1.29 is 5.11 Å². The van der Waals surface area contributed by atoms with E-state index in [0.717, 1.165) is 27.4 Å². The third kappa shape index (κ3) is 2.95. The van der Waals surface area contributed by atoms with E-state index in [1.165, 1.54) is 11.3 Å². The summed E-state index contributed by atoms with van der Waals surface area (Å²) in [6, 6.07) is 2.04. The number of hydrogen-bond acceptors (Lipinski definition) is 5. The number of phenols is 1. The summed E-state index contributed by atoms with van der Waals surface area (Å²) in [6.07, 6.45) is 0. The van der Waals surface area contributed by atoms with Gasteiger partial charge in [-0.25, -0.2) is 0 Å². The van der Waals surface area contributed by atoms with Crippen molar-refractivity contribution in [2.45, 2.75) is 52.4 Å². The fraction of sp³-hybridized carbons (Fsp3) is 0.529. The van der Waals surface area contributed by atoms with Crippen molar-refractivity contribution in [1.82, 2.24) is 10.2 Å². The molecule has 4 nitrogen and oxygen atoms in total. The van der Waals surface area contributed by atoms with Gasteiger partial charge in [0, 0.05) is 23.7 Å². The third-order valence-electron chi connectivity index (χ3n) is 3.70. The maximum Gasteiger partial charge on any atom is 0.149 e. The van der Waals surface area contributed by atoms with E-state index in [4.69, 9.17) is 0 Å². The van der Waals surface area contributed by atoms with Gasteiger partial charge in [0.1, 0.15) is 16.3 Å². The van der Waals surface area contributed by atoms with Crippen LogP contribution in [0.15, 0.2) is 11.6 Å². The van der Waals surface area contributed by atoms with E-state index in [-0.39, 0.29) is 10.8 Å². The standard InChI is InChI=1S/C17H25N3OS/c1-16(2,3)11-8-10(15-20-19-9-22-15)13(18-7)12(14(11)21)17(4,5)6/h8-9,18,21H,1-7H3. The first-order valence-electron chi connectivity index (χ1n) is 7.42. The molecule has 22 heavy (non-hydrogen) atoms. The van der Waals surface area contributed by atoms with Crippen molar-refractivity contribution in [1.29, 1.82) is 0 Å². The summed E-state index contributed by atoms with van der Waals surface area (Å²) >= 11 is 1.51. The molecule has 2 N–H and O–H groups in total. The smallest absolute Gasteiger partial charge is 0.149 e. The van der Waals surface area contributed by atoms with Crippen LogP contribution in [-0.4, -0.2) is 22.4 Å². The lowest BCUT2D eigenvalue weighted by atomic mass is 9.77. The van der Waals surface area contributed by atoms with Crippen molar-refractivity contribution in [2.24, 2.45) is 0 Å². The number of phenolic OH excluding ortho intramolecular Hbond substituents is 1. The summed E-state index contributed by atoms with van der Waals surface area (Å²) in [5.74, 6) is 0.373. The molecule has 0 atom stereocenters. The molecule has 1 aromatic carbocycles. The van der Waals surface area contributed by atoms with E-state index in [1.807, 2.05) is 13.1 Å². The third-order valence-corrected chi connectivity index (χ3v) is 4.42. The van der Waals surface area contributed by atoms with Crippen molar-refractivity contribution in [3.63, 3.8) is 0 Å². The number of nitrogens with one attached hydrogen (secondary N) is 1. The minimum absolute atomic E-state index is 0.157. The summed E-state index contributed by atoms with van der Waals surface area (Å²) in [5.41, 5.74) is 5.16. The number of aromatic nitrogens is 2. The second kappa shape index (κ2) is 5.54. The summed E-state index contributed by atoms with van der Waals surface area (Å²) in [4.78, 5) is 0. The molecule has 0 saturated heterocycles. The van der Waals surface area contributed by atoms with E-state index in [0.29, 0.717) is 5.75 Å². The molecule has 1 heterocycles. The highest BCUT2D eigenvalue weighted by molar-refractivity contribution is 7.12. The number of hydrogen-bond donors (Lipinski definition) is 2. The fourth-order valence-corrected chi connectivity index (χ4v) is 3.27. The Balaban J connectivity index is 2.91. The average molecular weight is 319 g/mol. The number of anilines is 1. The Hall–Kier alpha value is -1.62. The van der Waals surface area contributed by atoms with Crippen LogP contribution in [0.4, 0.5) is 5.69 Å². The van der Waals surface area contributed by atoms with Crippen molar-refractivity contribution >= 4 is 17.0 Å². The Labute approximate surface area is 136 Å². The Kier molecular flexibility index (Phi) is 4.22. The SMILES string of the molecule is CNc1c(-c2nncs2)cc(C(C)(C)C)c(O)c1C(C)(C)C. The zero-order valence-electron chi connectivity index (χ0n) is 14.4. The lowest BCUT2D eigenvalue weighted by molar-refractivity contribution is 0.424. The molecule has 0 bridgehead atoms. The Morgan fingerprint density at radius 3 is 2.14 bits per heavy atom. The van der Waals surface area contributed by atoms with Crippen LogP contribution in [0.25, 0.3) is 10.6 Å². The second-order valence-electron chi connectivity index (χ2n) is 7.56. The highest BCUT2D eigenvalue weighted by atomic mass is 32.1. The molecule has 5 heteroatoms. The fourth-order valence-electron chi connectivity index (χ4n) is 2.69. The molecular weight excluding hydrogens is 294 g/mol. The average Bonchev–Trinajstić information content (AvgIpc) is 2.88. The van der Waals surface area contributed by atoms with E-state index in [2.05, 4.69) is 57.1 Å². The normalized spacial score (nSPS) is 12.5. The molecule has 0 aliphatic rings. The van der Waals surface area contributed by atoms with Crippen LogP contribution in [0.1, 0.15) is 52.7 Å². The van der Waals surface area contributed by atoms with E-state index in [1.54, 1.807) is 5.51 Å². The summed E-state index contributed by atoms with van der Waals surface area (Å²) in [6.45, 7) is 12.7. The van der Waals surface area contributed by atoms with Crippen LogP contribution in [0.2, 0.25) is 0 Å². The molecule has 0 fully saturated rings. The van der Waals surface area contributed by atoms with Crippen LogP contribution in [0.5, 0.6) is 5.75 Å². The highest BCUT2D eigenvalue weighted by Gasteiger charge is 2.31. The number of nitrogens with zero attached hydrogens (tertiary/aromatic N) is 2. The molecule has 0 amide bonds. The monoisotopic (exact) mass is 319 g/mol. The van der Waals surface area contributed by atoms with Gasteiger partial charge in [0.25, 0.3) is 0 Å². The summed E-state index contributed by atoms with van der Waals surface area (Å²) in [5, 5.41) is 23.2. The highest BCUT2D eigenvalue weighted by Crippen LogP contribution is 2.47. The van der Waals surface area contributed by atoms with Gasteiger partial charge in [0.2, 0.25) is 0 Å². The largest absolute Gasteiger partial charge is 0.507 e. The molecule has 0 unspecified atom stereocenters. The van der Waals surface area contributed by atoms with Crippen LogP contribution < -0.4 is 5.32 Å². The number of benzene rings is 1. The van der Waals surface area contributed by atoms with Crippen LogP contribution in [0.3, 0.4) is 0 Å². The Morgan fingerprint density at radius 1 is 1.09 bits per heavy atom. The van der Waals surface area contributed by atoms with E-state index >= 15 is 0 Å². The van der Waals surface area contributed by atoms with Crippen molar-refractivity contribution in [3.8, 4) is 16.3 Å². The summed E-state index contributed by atoms with van der Waals surface area (Å²) in [7, 11) is 1.88. The quantitative estimate of drug-likeness (QED) is 0.852. The molecule has 0 aliphatic carbocycles. The Bertz CT molecular complexity index is 665. The van der Waals surface area contributed by atoms with Crippen LogP contribution in [-0.2, 0) is 10.8 Å². The van der Waals surface area contributed by atoms with E-state index < -0.39 is 0 Å². The van der Waals surface area contributed by atoms with Gasteiger partial charge < -0.3 is 10.4 Å². The molecule has 0 radical (unpaired) electrons. The first kappa shape index (κ1) is 16.7. The van der Waals surface area contributed by atoms with Gasteiger partial charge in [-0.1, -0.05) is 52.9 Å². The first-order valence-corrected chi connectivity index (χ1v) is 8.30. The van der Waals surface area contributed by atoms with Gasteiger partial charge in [-0.05, 0) is 16.9 Å². The van der Waals surface area contributed by atoms with Crippen molar-refractivity contribution in [3.05, 3.63) is 22.7 Å². The van der Waals surface area contributed by atoms with Gasteiger partial charge in [-0.2, -0.15) is 0 Å². The van der Waals surface area contributed by atoms with Gasteiger partial charge in [-0.15, -0.1) is 10.2 Å². The lowest BCUT2D eigenvalue weighted by Crippen LogP contribution is -2.19. The molecule has 120 valence electrons. The minimum atomic E-state index is -0.191. The molecule has 0 spiro atoms. The number of rotatable bonds is 2. The molecule has 1 aromatic heterocycles. The zero-order chi connectivity index (χ0) is 16.7. The first-order chi connectivity index (χ1) is 10.1. The van der Waals surface area contributed by atoms with Gasteiger partial charge >= 0.3 is 0 Å². The molecular formula is C17H25N3OS. The van der Waals surface area contributed by atoms with Crippen LogP contribution >= 0.6 is 11.3 Å². The molecule has 2 rings (SSSR count). The van der Waals surface area contributed by atoms with E-state index in [9.17, 15) is 5.11 Å². The number of aromatic hydroxyl groups is 1. The van der Waals surface area contributed by atoms with Crippen molar-refractivity contribution in [2.75, 3.05) is 12.4 Å². The van der Waals surface area contributed by atoms with Gasteiger partial charge in [0.05, 0.1) is 5.69 Å².